The third-order valence-electron chi connectivity index (χ3n) is 6.83. The summed E-state index contributed by atoms with van der Waals surface area (Å²) in [6.07, 6.45) is 0.628. The van der Waals surface area contributed by atoms with Gasteiger partial charge in [-0.3, -0.25) is 4.79 Å². The molecule has 1 aromatic carbocycles. The molecule has 0 saturated heterocycles. The normalized spacial score (nSPS) is 19.0. The first-order chi connectivity index (χ1) is 17.0. The third-order valence-corrected chi connectivity index (χ3v) is 6.83. The van der Waals surface area contributed by atoms with Crippen LogP contribution in [0.3, 0.4) is 0 Å². The summed E-state index contributed by atoms with van der Waals surface area (Å²) in [5, 5.41) is 11.9. The van der Waals surface area contributed by atoms with Crippen molar-refractivity contribution < 1.29 is 28.8 Å². The molecule has 0 fully saturated rings. The van der Waals surface area contributed by atoms with E-state index in [0.29, 0.717) is 41.4 Å². The van der Waals surface area contributed by atoms with E-state index < -0.39 is 11.6 Å². The molecule has 5 heterocycles. The molecule has 178 valence electrons. The quantitative estimate of drug-likeness (QED) is 0.274. The van der Waals surface area contributed by atoms with Crippen molar-refractivity contribution in [2.45, 2.75) is 38.5 Å². The van der Waals surface area contributed by atoms with Gasteiger partial charge < -0.3 is 28.6 Å². The number of methoxy groups -OCH3 is 1. The lowest BCUT2D eigenvalue weighted by molar-refractivity contribution is -0.172. The molecule has 2 aromatic heterocycles. The van der Waals surface area contributed by atoms with E-state index >= 15 is 0 Å². The molecule has 0 bridgehead atoms. The SMILES string of the molecule is CC[C@@]1(O)C(=O)OCc2c1cc1n(c2=O)Cc2c-1nc1cc3c(cc1c2C#CCCOC)OCO3. The molecular formula is C26H22N2O7. The standard InChI is InChI=1S/C26H22N2O7/c1-3-26(31)18-9-20-23-16(11-28(20)24(29)17(18)12-33-25(26)30)14(6-4-5-7-32-2)15-8-21-22(35-13-34-21)10-19(15)27-23/h8-10,31H,3,5,7,11-13H2,1-2H3/t26-/m0/s1. The zero-order chi connectivity index (χ0) is 24.3. The van der Waals surface area contributed by atoms with Crippen molar-refractivity contribution in [2.75, 3.05) is 20.5 Å². The maximum absolute atomic E-state index is 13.5. The Hall–Kier alpha value is -3.87. The van der Waals surface area contributed by atoms with Crippen LogP contribution in [0, 0.1) is 11.8 Å². The van der Waals surface area contributed by atoms with Crippen LogP contribution in [-0.4, -0.2) is 41.1 Å². The van der Waals surface area contributed by atoms with Crippen molar-refractivity contribution >= 4 is 16.9 Å². The van der Waals surface area contributed by atoms with E-state index in [4.69, 9.17) is 23.9 Å². The lowest BCUT2D eigenvalue weighted by Crippen LogP contribution is -2.44. The predicted octanol–water partition coefficient (Wildman–Crippen LogP) is 2.20. The number of aliphatic hydroxyl groups is 1. The topological polar surface area (TPSA) is 109 Å². The first kappa shape index (κ1) is 21.6. The van der Waals surface area contributed by atoms with Crippen molar-refractivity contribution in [3.05, 3.63) is 50.8 Å². The summed E-state index contributed by atoms with van der Waals surface area (Å²) >= 11 is 0. The van der Waals surface area contributed by atoms with Gasteiger partial charge in [0.1, 0.15) is 6.61 Å². The highest BCUT2D eigenvalue weighted by Gasteiger charge is 2.45. The number of hydrogen-bond donors (Lipinski definition) is 1. The van der Waals surface area contributed by atoms with Crippen LogP contribution < -0.4 is 15.0 Å². The molecular weight excluding hydrogens is 452 g/mol. The van der Waals surface area contributed by atoms with Crippen molar-refractivity contribution in [3.8, 4) is 34.7 Å². The minimum absolute atomic E-state index is 0.0828. The van der Waals surface area contributed by atoms with Gasteiger partial charge in [-0.25, -0.2) is 9.78 Å². The van der Waals surface area contributed by atoms with Gasteiger partial charge in [0.05, 0.1) is 35.6 Å². The van der Waals surface area contributed by atoms with E-state index in [1.807, 2.05) is 6.07 Å². The van der Waals surface area contributed by atoms with E-state index in [0.717, 1.165) is 16.5 Å². The zero-order valence-electron chi connectivity index (χ0n) is 19.3. The van der Waals surface area contributed by atoms with Gasteiger partial charge in [0.25, 0.3) is 5.56 Å². The summed E-state index contributed by atoms with van der Waals surface area (Å²) in [6.45, 7) is 2.40. The van der Waals surface area contributed by atoms with Crippen LogP contribution in [0.1, 0.15) is 42.0 Å². The van der Waals surface area contributed by atoms with Crippen molar-refractivity contribution in [1.82, 2.24) is 9.55 Å². The average Bonchev–Trinajstić information content (AvgIpc) is 3.47. The molecule has 9 nitrogen and oxygen atoms in total. The summed E-state index contributed by atoms with van der Waals surface area (Å²) < 4.78 is 23.0. The molecule has 0 spiro atoms. The van der Waals surface area contributed by atoms with E-state index in [9.17, 15) is 14.7 Å². The fourth-order valence-corrected chi connectivity index (χ4v) is 4.92. The Morgan fingerprint density at radius 3 is 2.74 bits per heavy atom. The summed E-state index contributed by atoms with van der Waals surface area (Å²) in [7, 11) is 1.62. The number of ether oxygens (including phenoxy) is 4. The molecule has 0 aliphatic carbocycles. The summed E-state index contributed by atoms with van der Waals surface area (Å²) in [5.41, 5.74) is 1.68. The van der Waals surface area contributed by atoms with Crippen LogP contribution in [0.5, 0.6) is 11.5 Å². The molecule has 3 aliphatic rings. The second kappa shape index (κ2) is 7.83. The smallest absolute Gasteiger partial charge is 0.343 e. The number of hydrogen-bond acceptors (Lipinski definition) is 8. The highest BCUT2D eigenvalue weighted by atomic mass is 16.7. The first-order valence-electron chi connectivity index (χ1n) is 11.4. The Balaban J connectivity index is 1.62. The number of aromatic nitrogens is 2. The molecule has 6 rings (SSSR count). The minimum atomic E-state index is -1.88. The summed E-state index contributed by atoms with van der Waals surface area (Å²) in [5.74, 6) is 6.87. The molecule has 3 aromatic rings. The number of benzene rings is 1. The van der Waals surface area contributed by atoms with E-state index in [1.165, 1.54) is 0 Å². The number of carbonyl (C=O) groups is 1. The second-order valence-corrected chi connectivity index (χ2v) is 8.68. The Kier molecular flexibility index (Phi) is 4.85. The lowest BCUT2D eigenvalue weighted by Gasteiger charge is -2.31. The molecule has 0 unspecified atom stereocenters. The highest BCUT2D eigenvalue weighted by molar-refractivity contribution is 5.93. The van der Waals surface area contributed by atoms with Crippen LogP contribution in [0.15, 0.2) is 23.0 Å². The number of fused-ring (bicyclic) bond motifs is 6. The van der Waals surface area contributed by atoms with Crippen molar-refractivity contribution in [3.63, 3.8) is 0 Å². The average molecular weight is 474 g/mol. The Morgan fingerprint density at radius 1 is 1.17 bits per heavy atom. The number of rotatable bonds is 3. The van der Waals surface area contributed by atoms with E-state index in [-0.39, 0.29) is 43.1 Å². The van der Waals surface area contributed by atoms with Gasteiger partial charge in [-0.05, 0) is 18.6 Å². The zero-order valence-corrected chi connectivity index (χ0v) is 19.3. The fraction of sp³-hybridized carbons (Fsp3) is 0.346. The molecule has 9 heteroatoms. The molecule has 35 heavy (non-hydrogen) atoms. The van der Waals surface area contributed by atoms with Gasteiger partial charge in [-0.2, -0.15) is 0 Å². The van der Waals surface area contributed by atoms with E-state index in [2.05, 4.69) is 11.8 Å². The molecule has 0 radical (unpaired) electrons. The van der Waals surface area contributed by atoms with Gasteiger partial charge in [-0.15, -0.1) is 0 Å². The number of esters is 1. The van der Waals surface area contributed by atoms with Gasteiger partial charge in [0.15, 0.2) is 17.1 Å². The summed E-state index contributed by atoms with van der Waals surface area (Å²) in [4.78, 5) is 30.8. The minimum Gasteiger partial charge on any atom is -0.458 e. The fourth-order valence-electron chi connectivity index (χ4n) is 4.92. The lowest BCUT2D eigenvalue weighted by atomic mass is 9.86. The van der Waals surface area contributed by atoms with Gasteiger partial charge in [0, 0.05) is 41.7 Å². The largest absolute Gasteiger partial charge is 0.458 e. The van der Waals surface area contributed by atoms with Crippen LogP contribution in [-0.2, 0) is 33.0 Å². The number of cyclic esters (lactones) is 1. The molecule has 1 atom stereocenters. The molecule has 3 aliphatic heterocycles. The number of pyridine rings is 2. The van der Waals surface area contributed by atoms with Gasteiger partial charge in [-0.1, -0.05) is 18.8 Å². The van der Waals surface area contributed by atoms with Crippen LogP contribution in [0.4, 0.5) is 0 Å². The van der Waals surface area contributed by atoms with Gasteiger partial charge in [0.2, 0.25) is 6.79 Å². The van der Waals surface area contributed by atoms with Crippen LogP contribution in [0.25, 0.3) is 22.3 Å². The number of nitrogens with zero attached hydrogens (tertiary/aromatic N) is 2. The van der Waals surface area contributed by atoms with E-state index in [1.54, 1.807) is 30.7 Å². The monoisotopic (exact) mass is 474 g/mol. The molecule has 0 amide bonds. The van der Waals surface area contributed by atoms with Crippen molar-refractivity contribution in [1.29, 1.82) is 0 Å². The van der Waals surface area contributed by atoms with Crippen molar-refractivity contribution in [2.24, 2.45) is 0 Å². The maximum Gasteiger partial charge on any atom is 0.343 e. The Morgan fingerprint density at radius 2 is 1.97 bits per heavy atom. The van der Waals surface area contributed by atoms with Crippen LogP contribution in [0.2, 0.25) is 0 Å². The number of carbonyl (C=O) groups excluding carboxylic acids is 1. The second-order valence-electron chi connectivity index (χ2n) is 8.68. The van der Waals surface area contributed by atoms with Gasteiger partial charge >= 0.3 is 5.97 Å². The Bertz CT molecular complexity index is 1550. The maximum atomic E-state index is 13.5. The predicted molar refractivity (Wildman–Crippen MR) is 124 cm³/mol. The summed E-state index contributed by atoms with van der Waals surface area (Å²) in [6, 6.07) is 5.36. The molecule has 0 saturated carbocycles. The first-order valence-corrected chi connectivity index (χ1v) is 11.4. The van der Waals surface area contributed by atoms with Crippen LogP contribution >= 0.6 is 0 Å². The Labute approximate surface area is 200 Å². The highest BCUT2D eigenvalue weighted by Crippen LogP contribution is 2.42. The third kappa shape index (κ3) is 3.07. The molecule has 1 N–H and O–H groups in total.